The van der Waals surface area contributed by atoms with Gasteiger partial charge in [-0.05, 0) is 107 Å². The van der Waals surface area contributed by atoms with Gasteiger partial charge in [0.15, 0.2) is 5.78 Å². The van der Waals surface area contributed by atoms with E-state index in [-0.39, 0.29) is 60.9 Å². The fraction of sp³-hybridized carbons (Fsp3) is 0.745. The third-order valence-corrected chi connectivity index (χ3v) is 15.2. The summed E-state index contributed by atoms with van der Waals surface area (Å²) in [5.41, 5.74) is 1.28. The lowest BCUT2D eigenvalue weighted by Gasteiger charge is -2.42. The van der Waals surface area contributed by atoms with Crippen LogP contribution in [0.1, 0.15) is 126 Å². The molecule has 1 saturated carbocycles. The van der Waals surface area contributed by atoms with Crippen molar-refractivity contribution in [2.75, 3.05) is 27.9 Å². The first kappa shape index (κ1) is 56.0. The fourth-order valence-electron chi connectivity index (χ4n) is 10.2. The standard InChI is InChI=1S/C51H78INO13/c1-30-16-12-11-13-17-31(2)42(61-8)28-38-21-19-36(7)51(60,65-38)48(57)49(58)53-23-15-14-18-39(53)50(59)64-43(33(4)26-37-20-22-41(66-52)44(27-37)62-9)29-40(54)32(3)25-35(6)46(56)47(63-10)45(55)34(5)24-30/h11-13,16-17,25,30,32-34,36-39,41-44,46-47,56,60H,14-15,18-24,26-29H2,1-10H3/b13-11+,16-12+,31-17+,35-25+/t30-,32-,33-,34-,36-,37+,38?,39?,41?,42+,43+,44-,46-,47+,51-/m1/s1. The van der Waals surface area contributed by atoms with Gasteiger partial charge in [-0.15, -0.1) is 0 Å². The molecule has 2 bridgehead atoms. The number of ketones is 3. The van der Waals surface area contributed by atoms with Crippen LogP contribution in [0, 0.1) is 35.5 Å². The zero-order chi connectivity index (χ0) is 48.9. The van der Waals surface area contributed by atoms with Gasteiger partial charge in [-0.2, -0.15) is 0 Å². The Balaban J connectivity index is 1.70. The minimum Gasteiger partial charge on any atom is -0.460 e. The number of ether oxygens (including phenoxy) is 5. The first-order chi connectivity index (χ1) is 31.3. The smallest absolute Gasteiger partial charge is 0.329 e. The van der Waals surface area contributed by atoms with Crippen LogP contribution in [0.5, 0.6) is 0 Å². The molecule has 1 amide bonds. The number of Topliss-reactive ketones (excluding diaryl/α,β-unsaturated/α-hetero) is 3. The normalized spacial score (nSPS) is 40.0. The molecule has 15 atom stereocenters. The van der Waals surface area contributed by atoms with Gasteiger partial charge in [0.1, 0.15) is 53.1 Å². The summed E-state index contributed by atoms with van der Waals surface area (Å²) in [6.07, 6.45) is 12.7. The van der Waals surface area contributed by atoms with Crippen molar-refractivity contribution >= 4 is 52.2 Å². The van der Waals surface area contributed by atoms with E-state index in [2.05, 4.69) is 0 Å². The number of rotatable bonds is 7. The molecule has 1 aliphatic carbocycles. The van der Waals surface area contributed by atoms with E-state index in [9.17, 15) is 34.2 Å². The summed E-state index contributed by atoms with van der Waals surface area (Å²) in [6.45, 7) is 12.8. The number of halogens is 1. The molecule has 15 heteroatoms. The molecule has 0 aromatic heterocycles. The first-order valence-corrected chi connectivity index (χ1v) is 24.9. The van der Waals surface area contributed by atoms with Crippen LogP contribution in [0.25, 0.3) is 0 Å². The van der Waals surface area contributed by atoms with E-state index in [0.29, 0.717) is 50.5 Å². The lowest BCUT2D eigenvalue weighted by Crippen LogP contribution is -2.61. The third kappa shape index (κ3) is 14.7. The zero-order valence-corrected chi connectivity index (χ0v) is 43.1. The molecule has 3 heterocycles. The summed E-state index contributed by atoms with van der Waals surface area (Å²) in [5.74, 6) is -7.73. The maximum absolute atomic E-state index is 14.4. The van der Waals surface area contributed by atoms with Crippen molar-refractivity contribution in [3.8, 4) is 0 Å². The number of piperidine rings is 1. The van der Waals surface area contributed by atoms with Gasteiger partial charge in [0.2, 0.25) is 5.79 Å². The van der Waals surface area contributed by atoms with Crippen molar-refractivity contribution in [3.05, 3.63) is 47.6 Å². The number of carbonyl (C=O) groups is 5. The van der Waals surface area contributed by atoms with E-state index in [1.54, 1.807) is 41.1 Å². The topological polar surface area (TPSA) is 184 Å². The minimum atomic E-state index is -2.42. The Morgan fingerprint density at radius 1 is 0.864 bits per heavy atom. The molecule has 2 N–H and O–H groups in total. The highest BCUT2D eigenvalue weighted by Crippen LogP contribution is 2.38. The van der Waals surface area contributed by atoms with Crippen LogP contribution in [-0.4, -0.2) is 127 Å². The Morgan fingerprint density at radius 3 is 2.26 bits per heavy atom. The van der Waals surface area contributed by atoms with Gasteiger partial charge in [0, 0.05) is 58.5 Å². The van der Waals surface area contributed by atoms with Crippen LogP contribution in [0.2, 0.25) is 0 Å². The van der Waals surface area contributed by atoms with Gasteiger partial charge in [0.25, 0.3) is 11.7 Å². The Bertz CT molecular complexity index is 1780. The van der Waals surface area contributed by atoms with E-state index in [0.717, 1.165) is 24.8 Å². The molecular weight excluding hydrogens is 961 g/mol. The summed E-state index contributed by atoms with van der Waals surface area (Å²) < 4.78 is 35.3. The average Bonchev–Trinajstić information content (AvgIpc) is 3.30. The second-order valence-corrected chi connectivity index (χ2v) is 20.2. The molecule has 0 radical (unpaired) electrons. The second kappa shape index (κ2) is 26.4. The molecule has 3 unspecified atom stereocenters. The molecule has 2 saturated heterocycles. The molecule has 0 aromatic carbocycles. The van der Waals surface area contributed by atoms with Gasteiger partial charge in [-0.3, -0.25) is 19.2 Å². The molecular formula is C51H78INO13. The highest BCUT2D eigenvalue weighted by Gasteiger charge is 2.53. The van der Waals surface area contributed by atoms with Crippen LogP contribution in [0.15, 0.2) is 47.6 Å². The largest absolute Gasteiger partial charge is 0.460 e. The molecule has 372 valence electrons. The monoisotopic (exact) mass is 1040 g/mol. The number of hydrogen-bond acceptors (Lipinski definition) is 13. The lowest BCUT2D eigenvalue weighted by molar-refractivity contribution is -0.265. The Labute approximate surface area is 407 Å². The number of aliphatic hydroxyl groups excluding tert-OH is 1. The van der Waals surface area contributed by atoms with E-state index in [4.69, 9.17) is 26.8 Å². The van der Waals surface area contributed by atoms with E-state index in [1.807, 2.05) is 81.1 Å². The number of hydrogen-bond donors (Lipinski definition) is 2. The number of fused-ring (bicyclic) bond motifs is 3. The summed E-state index contributed by atoms with van der Waals surface area (Å²) in [4.78, 5) is 72.0. The predicted molar refractivity (Wildman–Crippen MR) is 258 cm³/mol. The van der Waals surface area contributed by atoms with Crippen molar-refractivity contribution in [2.45, 2.75) is 180 Å². The maximum atomic E-state index is 14.4. The van der Waals surface area contributed by atoms with Crippen LogP contribution in [0.3, 0.4) is 0 Å². The molecule has 0 spiro atoms. The van der Waals surface area contributed by atoms with Gasteiger partial charge < -0.3 is 41.9 Å². The number of methoxy groups -OCH3 is 3. The van der Waals surface area contributed by atoms with Crippen LogP contribution in [-0.2, 0) is 50.7 Å². The van der Waals surface area contributed by atoms with Gasteiger partial charge >= 0.3 is 5.97 Å². The van der Waals surface area contributed by atoms with Crippen LogP contribution < -0.4 is 0 Å². The Hall–Kier alpha value is -2.64. The van der Waals surface area contributed by atoms with E-state index < -0.39 is 77.8 Å². The summed E-state index contributed by atoms with van der Waals surface area (Å²) in [6, 6.07) is -1.12. The number of esters is 1. The number of amides is 1. The Morgan fingerprint density at radius 2 is 1.59 bits per heavy atom. The predicted octanol–water partition coefficient (Wildman–Crippen LogP) is 7.55. The third-order valence-electron chi connectivity index (χ3n) is 14.6. The van der Waals surface area contributed by atoms with Gasteiger partial charge in [-0.25, -0.2) is 4.79 Å². The maximum Gasteiger partial charge on any atom is 0.329 e. The second-order valence-electron chi connectivity index (χ2n) is 19.7. The number of nitrogens with zero attached hydrogens (tertiary/aromatic N) is 1. The SMILES string of the molecule is CO[C@H]1CC2CC[C@@H](C)[C@@](O)(O2)C(=O)C(=O)N2CCCCC2C(=O)O[C@H]([C@H](C)C[C@@H]2CCC(OI)[C@H](OC)C2)CC(=O)[C@H](C)/C=C(\C)[C@@H](O)[C@@H](OC)C(=O)[C@H](C)C[C@H](C)/C=C/C=C/C=C/1C. The van der Waals surface area contributed by atoms with Crippen molar-refractivity contribution in [1.82, 2.24) is 4.90 Å². The van der Waals surface area contributed by atoms with Crippen molar-refractivity contribution in [1.29, 1.82) is 0 Å². The molecule has 14 nitrogen and oxygen atoms in total. The molecule has 4 aliphatic rings. The van der Waals surface area contributed by atoms with Gasteiger partial charge in [0.05, 0.1) is 24.4 Å². The number of cyclic esters (lactones) is 1. The molecule has 3 aliphatic heterocycles. The molecule has 66 heavy (non-hydrogen) atoms. The van der Waals surface area contributed by atoms with Gasteiger partial charge in [-0.1, -0.05) is 71.1 Å². The highest BCUT2D eigenvalue weighted by atomic mass is 127. The summed E-state index contributed by atoms with van der Waals surface area (Å²) >= 11 is 1.91. The lowest BCUT2D eigenvalue weighted by atomic mass is 9.78. The quantitative estimate of drug-likeness (QED) is 0.110. The van der Waals surface area contributed by atoms with Crippen molar-refractivity contribution < 1.29 is 60.9 Å². The van der Waals surface area contributed by atoms with E-state index >= 15 is 0 Å². The van der Waals surface area contributed by atoms with Crippen LogP contribution in [0.4, 0.5) is 0 Å². The average molecular weight is 1040 g/mol. The fourth-order valence-corrected chi connectivity index (χ4v) is 10.8. The highest BCUT2D eigenvalue weighted by molar-refractivity contribution is 14.1. The first-order valence-electron chi connectivity index (χ1n) is 24.1. The van der Waals surface area contributed by atoms with Crippen molar-refractivity contribution in [3.63, 3.8) is 0 Å². The molecule has 0 aromatic rings. The molecule has 4 rings (SSSR count). The summed E-state index contributed by atoms with van der Waals surface area (Å²) in [5, 5.41) is 23.4. The zero-order valence-electron chi connectivity index (χ0n) is 40.9. The van der Waals surface area contributed by atoms with Crippen LogP contribution >= 0.6 is 23.0 Å². The molecule has 3 fully saturated rings. The Kier molecular flexibility index (Phi) is 22.4. The minimum absolute atomic E-state index is 0.0243. The summed E-state index contributed by atoms with van der Waals surface area (Å²) in [7, 11) is 4.63. The number of allylic oxidation sites excluding steroid dienone is 6. The van der Waals surface area contributed by atoms with Crippen molar-refractivity contribution in [2.24, 2.45) is 35.5 Å². The van der Waals surface area contributed by atoms with E-state index in [1.165, 1.54) is 12.0 Å². The number of carbonyl (C=O) groups excluding carboxylic acids is 5. The number of aliphatic hydroxyl groups is 2.